The van der Waals surface area contributed by atoms with Gasteiger partial charge in [-0.25, -0.2) is 0 Å². The largest absolute Gasteiger partial charge is 0.459 e. The predicted octanol–water partition coefficient (Wildman–Crippen LogP) is 1.49. The van der Waals surface area contributed by atoms with Gasteiger partial charge in [0.2, 0.25) is 5.91 Å². The molecule has 1 N–H and O–H groups in total. The first kappa shape index (κ1) is 13.0. The van der Waals surface area contributed by atoms with Gasteiger partial charge in [0, 0.05) is 6.54 Å². The van der Waals surface area contributed by atoms with E-state index in [0.29, 0.717) is 13.0 Å². The van der Waals surface area contributed by atoms with Crippen LogP contribution in [0.1, 0.15) is 41.0 Å². The Morgan fingerprint density at radius 1 is 1.44 bits per heavy atom. The van der Waals surface area contributed by atoms with Crippen LogP contribution in [0.3, 0.4) is 0 Å². The summed E-state index contributed by atoms with van der Waals surface area (Å²) in [5.41, 5.74) is -1.47. The average molecular weight is 227 g/mol. The molecule has 0 radical (unpaired) electrons. The first-order valence-electron chi connectivity index (χ1n) is 5.75. The maximum Gasteiger partial charge on any atom is 0.322 e. The van der Waals surface area contributed by atoms with Crippen LogP contribution in [0.2, 0.25) is 0 Å². The summed E-state index contributed by atoms with van der Waals surface area (Å²) in [5.74, 6) is -0.510. The zero-order valence-electron chi connectivity index (χ0n) is 10.7. The molecule has 0 aromatic carbocycles. The van der Waals surface area contributed by atoms with Crippen molar-refractivity contribution in [2.24, 2.45) is 11.3 Å². The molecular formula is C12H21NO3. The number of ether oxygens (including phenoxy) is 1. The fraction of sp³-hybridized carbons (Fsp3) is 0.833. The standard InChI is InChI=1S/C12H21NO3/c1-6-13-9(14)12(7-8(12)2)10(15)16-11(3,4)5/h8H,6-7H2,1-5H3,(H,13,14)/t8-,12+/m1/s1. The molecule has 1 aliphatic carbocycles. The van der Waals surface area contributed by atoms with Crippen LogP contribution < -0.4 is 5.32 Å². The molecule has 0 aromatic heterocycles. The molecule has 0 bridgehead atoms. The first-order chi connectivity index (χ1) is 7.24. The normalized spacial score (nSPS) is 28.4. The van der Waals surface area contributed by atoms with E-state index in [1.54, 1.807) is 0 Å². The van der Waals surface area contributed by atoms with E-state index < -0.39 is 17.0 Å². The van der Waals surface area contributed by atoms with E-state index in [1.165, 1.54) is 0 Å². The van der Waals surface area contributed by atoms with Crippen molar-refractivity contribution in [3.63, 3.8) is 0 Å². The number of hydrogen-bond donors (Lipinski definition) is 1. The van der Waals surface area contributed by atoms with Gasteiger partial charge in [-0.05, 0) is 40.0 Å². The second kappa shape index (κ2) is 4.07. The Morgan fingerprint density at radius 3 is 2.25 bits per heavy atom. The quantitative estimate of drug-likeness (QED) is 0.587. The number of rotatable bonds is 3. The summed E-state index contributed by atoms with van der Waals surface area (Å²) in [5, 5.41) is 2.71. The van der Waals surface area contributed by atoms with Crippen LogP contribution in [0.15, 0.2) is 0 Å². The maximum atomic E-state index is 12.0. The van der Waals surface area contributed by atoms with Gasteiger partial charge in [0.15, 0.2) is 0 Å². The molecule has 1 fully saturated rings. The zero-order chi connectivity index (χ0) is 12.6. The van der Waals surface area contributed by atoms with Gasteiger partial charge < -0.3 is 10.1 Å². The molecule has 0 heterocycles. The third kappa shape index (κ3) is 2.36. The molecule has 0 aromatic rings. The molecule has 0 saturated heterocycles. The summed E-state index contributed by atoms with van der Waals surface area (Å²) in [7, 11) is 0. The summed E-state index contributed by atoms with van der Waals surface area (Å²) in [6.45, 7) is 9.71. The Hall–Kier alpha value is -1.06. The minimum Gasteiger partial charge on any atom is -0.459 e. The third-order valence-corrected chi connectivity index (χ3v) is 2.81. The van der Waals surface area contributed by atoms with Crippen molar-refractivity contribution in [3.8, 4) is 0 Å². The van der Waals surface area contributed by atoms with Gasteiger partial charge >= 0.3 is 5.97 Å². The smallest absolute Gasteiger partial charge is 0.322 e. The highest BCUT2D eigenvalue weighted by molar-refractivity contribution is 6.06. The Balaban J connectivity index is 2.75. The number of amides is 1. The van der Waals surface area contributed by atoms with Crippen molar-refractivity contribution in [2.45, 2.75) is 46.6 Å². The second-order valence-corrected chi connectivity index (χ2v) is 5.44. The van der Waals surface area contributed by atoms with Gasteiger partial charge in [-0.15, -0.1) is 0 Å². The lowest BCUT2D eigenvalue weighted by Crippen LogP contribution is -2.41. The van der Waals surface area contributed by atoms with Gasteiger partial charge in [0.05, 0.1) is 0 Å². The van der Waals surface area contributed by atoms with E-state index in [1.807, 2.05) is 34.6 Å². The molecule has 1 aliphatic rings. The van der Waals surface area contributed by atoms with Crippen molar-refractivity contribution in [1.29, 1.82) is 0 Å². The summed E-state index contributed by atoms with van der Waals surface area (Å²) in [4.78, 5) is 23.8. The number of carbonyl (C=O) groups is 2. The SMILES string of the molecule is CCNC(=O)[C@]1(C(=O)OC(C)(C)C)C[C@H]1C. The van der Waals surface area contributed by atoms with Crippen molar-refractivity contribution in [2.75, 3.05) is 6.54 Å². The molecule has 2 atom stereocenters. The van der Waals surface area contributed by atoms with Crippen LogP contribution >= 0.6 is 0 Å². The predicted molar refractivity (Wildman–Crippen MR) is 60.7 cm³/mol. The topological polar surface area (TPSA) is 55.4 Å². The monoisotopic (exact) mass is 227 g/mol. The van der Waals surface area contributed by atoms with Crippen molar-refractivity contribution < 1.29 is 14.3 Å². The molecule has 1 rings (SSSR count). The summed E-state index contributed by atoms with van der Waals surface area (Å²) in [6.07, 6.45) is 0.591. The van der Waals surface area contributed by atoms with Crippen LogP contribution in [-0.4, -0.2) is 24.0 Å². The lowest BCUT2D eigenvalue weighted by Gasteiger charge is -2.23. The molecule has 16 heavy (non-hydrogen) atoms. The third-order valence-electron chi connectivity index (χ3n) is 2.81. The van der Waals surface area contributed by atoms with E-state index in [4.69, 9.17) is 4.74 Å². The minimum atomic E-state index is -0.927. The van der Waals surface area contributed by atoms with Crippen molar-refractivity contribution in [3.05, 3.63) is 0 Å². The summed E-state index contributed by atoms with van der Waals surface area (Å²) < 4.78 is 5.30. The van der Waals surface area contributed by atoms with Gasteiger partial charge in [-0.3, -0.25) is 9.59 Å². The minimum absolute atomic E-state index is 0.0777. The number of hydrogen-bond acceptors (Lipinski definition) is 3. The van der Waals surface area contributed by atoms with E-state index in [-0.39, 0.29) is 11.8 Å². The van der Waals surface area contributed by atoms with Crippen molar-refractivity contribution >= 4 is 11.9 Å². The molecule has 0 spiro atoms. The highest BCUT2D eigenvalue weighted by atomic mass is 16.6. The first-order valence-corrected chi connectivity index (χ1v) is 5.75. The maximum absolute atomic E-state index is 12.0. The fourth-order valence-corrected chi connectivity index (χ4v) is 1.81. The van der Waals surface area contributed by atoms with E-state index in [9.17, 15) is 9.59 Å². The average Bonchev–Trinajstić information content (AvgIpc) is 2.76. The van der Waals surface area contributed by atoms with Crippen LogP contribution in [0, 0.1) is 11.3 Å². The number of carbonyl (C=O) groups excluding carboxylic acids is 2. The van der Waals surface area contributed by atoms with E-state index in [2.05, 4.69) is 5.32 Å². The molecule has 0 aliphatic heterocycles. The van der Waals surface area contributed by atoms with Crippen LogP contribution in [0.5, 0.6) is 0 Å². The molecular weight excluding hydrogens is 206 g/mol. The molecule has 92 valence electrons. The number of nitrogens with one attached hydrogen (secondary N) is 1. The Morgan fingerprint density at radius 2 is 1.94 bits per heavy atom. The molecule has 4 heteroatoms. The van der Waals surface area contributed by atoms with Crippen molar-refractivity contribution in [1.82, 2.24) is 5.32 Å². The fourth-order valence-electron chi connectivity index (χ4n) is 1.81. The lowest BCUT2D eigenvalue weighted by atomic mass is 10.0. The zero-order valence-corrected chi connectivity index (χ0v) is 10.7. The number of esters is 1. The summed E-state index contributed by atoms with van der Waals surface area (Å²) in [6, 6.07) is 0. The molecule has 1 amide bonds. The van der Waals surface area contributed by atoms with Crippen LogP contribution in [0.25, 0.3) is 0 Å². The Bertz CT molecular complexity index is 306. The second-order valence-electron chi connectivity index (χ2n) is 5.44. The van der Waals surface area contributed by atoms with Gasteiger partial charge in [-0.1, -0.05) is 6.92 Å². The van der Waals surface area contributed by atoms with Gasteiger partial charge in [0.25, 0.3) is 0 Å². The Labute approximate surface area is 96.7 Å². The van der Waals surface area contributed by atoms with Crippen LogP contribution in [0.4, 0.5) is 0 Å². The highest BCUT2D eigenvalue weighted by Crippen LogP contribution is 2.53. The van der Waals surface area contributed by atoms with Gasteiger partial charge in [0.1, 0.15) is 11.0 Å². The molecule has 4 nitrogen and oxygen atoms in total. The lowest BCUT2D eigenvalue weighted by molar-refractivity contribution is -0.165. The van der Waals surface area contributed by atoms with Crippen LogP contribution in [-0.2, 0) is 14.3 Å². The molecule has 0 unspecified atom stereocenters. The van der Waals surface area contributed by atoms with Gasteiger partial charge in [-0.2, -0.15) is 0 Å². The highest BCUT2D eigenvalue weighted by Gasteiger charge is 2.64. The van der Waals surface area contributed by atoms with E-state index >= 15 is 0 Å². The molecule has 1 saturated carbocycles. The van der Waals surface area contributed by atoms with E-state index in [0.717, 1.165) is 0 Å². The Kier molecular flexibility index (Phi) is 3.31. The summed E-state index contributed by atoms with van der Waals surface area (Å²) >= 11 is 0.